The molecular weight excluding hydrogens is 559 g/mol. The van der Waals surface area contributed by atoms with Gasteiger partial charge in [0.05, 0.1) is 4.90 Å². The second-order valence-corrected chi connectivity index (χ2v) is 14.2. The van der Waals surface area contributed by atoms with Crippen LogP contribution in [0.1, 0.15) is 179 Å². The van der Waals surface area contributed by atoms with Crippen LogP contribution in [0.4, 0.5) is 0 Å². The zero-order chi connectivity index (χ0) is 30.3. The van der Waals surface area contributed by atoms with Gasteiger partial charge in [0.1, 0.15) is 10.1 Å². The molecule has 0 aliphatic rings. The van der Waals surface area contributed by atoms with E-state index in [0.717, 1.165) is 30.0 Å². The van der Waals surface area contributed by atoms with Crippen molar-refractivity contribution in [1.29, 1.82) is 0 Å². The maximum absolute atomic E-state index is 11.7. The molecule has 2 aromatic carbocycles. The third-order valence-corrected chi connectivity index (χ3v) is 9.81. The predicted molar refractivity (Wildman–Crippen MR) is 181 cm³/mol. The van der Waals surface area contributed by atoms with Crippen LogP contribution in [0.5, 0.6) is 0 Å². The van der Waals surface area contributed by atoms with Crippen LogP contribution in [0.15, 0.2) is 35.2 Å². The van der Waals surface area contributed by atoms with Gasteiger partial charge in [0.25, 0.3) is 0 Å². The number of hydrogen-bond acceptors (Lipinski definition) is 3. The van der Waals surface area contributed by atoms with Crippen molar-refractivity contribution >= 4 is 20.9 Å². The van der Waals surface area contributed by atoms with Gasteiger partial charge in [-0.3, -0.25) is 0 Å². The van der Waals surface area contributed by atoms with Crippen LogP contribution in [0, 0.1) is 0 Å². The van der Waals surface area contributed by atoms with E-state index in [2.05, 4.69) is 26.0 Å². The summed E-state index contributed by atoms with van der Waals surface area (Å²) in [6.07, 6.45) is 34.2. The predicted octanol–water partition coefficient (Wildman–Crippen LogP) is 9.24. The molecule has 2 aromatic rings. The van der Waals surface area contributed by atoms with Gasteiger partial charge in [-0.15, -0.1) is 0 Å². The van der Waals surface area contributed by atoms with Crippen molar-refractivity contribution in [3.05, 3.63) is 41.5 Å². The molecule has 0 spiro atoms. The van der Waals surface area contributed by atoms with Crippen LogP contribution < -0.4 is 29.6 Å². The monoisotopic (exact) mass is 622 g/mol. The van der Waals surface area contributed by atoms with E-state index in [0.29, 0.717) is 0 Å². The van der Waals surface area contributed by atoms with Crippen molar-refractivity contribution in [2.24, 2.45) is 0 Å². The summed E-state index contributed by atoms with van der Waals surface area (Å²) < 4.78 is 35.1. The Labute approximate surface area is 288 Å². The molecule has 240 valence electrons. The van der Waals surface area contributed by atoms with Gasteiger partial charge in [0.2, 0.25) is 0 Å². The van der Waals surface area contributed by atoms with Gasteiger partial charge in [0, 0.05) is 0 Å². The van der Waals surface area contributed by atoms with Gasteiger partial charge in [0.15, 0.2) is 0 Å². The molecule has 0 aliphatic carbocycles. The van der Waals surface area contributed by atoms with E-state index in [1.54, 1.807) is 6.07 Å². The molecular formula is C38H63NaO3S. The Balaban J connectivity index is 0.00000924. The van der Waals surface area contributed by atoms with E-state index in [1.807, 2.05) is 6.07 Å². The van der Waals surface area contributed by atoms with Crippen molar-refractivity contribution in [2.75, 3.05) is 0 Å². The molecule has 0 N–H and O–H groups in total. The molecule has 0 saturated carbocycles. The molecule has 0 radical (unpaired) electrons. The Morgan fingerprint density at radius 3 is 1.33 bits per heavy atom. The summed E-state index contributed by atoms with van der Waals surface area (Å²) in [4.78, 5) is -0.117. The number of aryl methyl sites for hydroxylation is 2. The minimum atomic E-state index is -4.45. The number of benzene rings is 2. The van der Waals surface area contributed by atoms with E-state index in [9.17, 15) is 13.0 Å². The first-order chi connectivity index (χ1) is 20.5. The van der Waals surface area contributed by atoms with Crippen LogP contribution in [0.3, 0.4) is 0 Å². The zero-order valence-electron chi connectivity index (χ0n) is 28.4. The molecule has 0 aliphatic heterocycles. The summed E-state index contributed by atoms with van der Waals surface area (Å²) in [7, 11) is -4.45. The fourth-order valence-corrected chi connectivity index (χ4v) is 6.83. The average Bonchev–Trinajstić information content (AvgIpc) is 2.97. The number of hydrogen-bond donors (Lipinski definition) is 0. The number of fused-ring (bicyclic) bond motifs is 1. The third-order valence-electron chi connectivity index (χ3n) is 8.98. The molecule has 0 heterocycles. The van der Waals surface area contributed by atoms with Crippen molar-refractivity contribution < 1.29 is 42.5 Å². The van der Waals surface area contributed by atoms with E-state index < -0.39 is 10.1 Å². The first kappa shape index (κ1) is 40.6. The minimum Gasteiger partial charge on any atom is -0.744 e. The first-order valence-corrected chi connectivity index (χ1v) is 19.4. The molecule has 43 heavy (non-hydrogen) atoms. The first-order valence-electron chi connectivity index (χ1n) is 18.0. The van der Waals surface area contributed by atoms with Gasteiger partial charge >= 0.3 is 29.6 Å². The molecule has 0 atom stereocenters. The molecule has 2 rings (SSSR count). The van der Waals surface area contributed by atoms with Gasteiger partial charge in [-0.1, -0.05) is 173 Å². The Morgan fingerprint density at radius 2 is 0.907 bits per heavy atom. The fraction of sp³-hybridized carbons (Fsp3) is 0.737. The van der Waals surface area contributed by atoms with Crippen molar-refractivity contribution in [3.63, 3.8) is 0 Å². The molecule has 0 bridgehead atoms. The Bertz CT molecular complexity index is 1070. The van der Waals surface area contributed by atoms with Gasteiger partial charge < -0.3 is 4.55 Å². The maximum atomic E-state index is 11.7. The maximum Gasteiger partial charge on any atom is 1.00 e. The average molecular weight is 623 g/mol. The van der Waals surface area contributed by atoms with E-state index >= 15 is 0 Å². The summed E-state index contributed by atoms with van der Waals surface area (Å²) in [5.74, 6) is 0. The molecule has 0 unspecified atom stereocenters. The molecule has 5 heteroatoms. The van der Waals surface area contributed by atoms with Crippen molar-refractivity contribution in [3.8, 4) is 0 Å². The second kappa shape index (κ2) is 25.8. The molecule has 3 nitrogen and oxygen atoms in total. The molecule has 0 fully saturated rings. The van der Waals surface area contributed by atoms with E-state index in [4.69, 9.17) is 0 Å². The van der Waals surface area contributed by atoms with Crippen LogP contribution in [-0.4, -0.2) is 13.0 Å². The van der Waals surface area contributed by atoms with E-state index in [1.165, 1.54) is 165 Å². The Morgan fingerprint density at radius 1 is 0.512 bits per heavy atom. The summed E-state index contributed by atoms with van der Waals surface area (Å²) in [6, 6.07) is 9.40. The molecule has 0 saturated heterocycles. The minimum absolute atomic E-state index is 0. The van der Waals surface area contributed by atoms with Crippen molar-refractivity contribution in [2.45, 2.75) is 186 Å². The largest absolute Gasteiger partial charge is 1.00 e. The number of unbranched alkanes of at least 4 members (excludes halogenated alkanes) is 22. The standard InChI is InChI=1S/C38H64O3S.Na/c1-3-5-7-9-11-13-15-17-19-21-23-25-27-34-31-35(38-30-29-37(42(39,40)41)33-36(38)32-34)28-26-24-22-20-18-16-14-12-10-8-6-4-2;/h29-33H,3-28H2,1-2H3,(H,39,40,41);/q;+1/p-1. The molecule has 0 aromatic heterocycles. The second-order valence-electron chi connectivity index (χ2n) is 12.9. The van der Waals surface area contributed by atoms with Crippen LogP contribution in [0.25, 0.3) is 10.8 Å². The van der Waals surface area contributed by atoms with Crippen LogP contribution in [-0.2, 0) is 23.0 Å². The summed E-state index contributed by atoms with van der Waals surface area (Å²) >= 11 is 0. The smallest absolute Gasteiger partial charge is 0.744 e. The van der Waals surface area contributed by atoms with Crippen molar-refractivity contribution in [1.82, 2.24) is 0 Å². The normalized spacial score (nSPS) is 11.7. The fourth-order valence-electron chi connectivity index (χ4n) is 6.33. The van der Waals surface area contributed by atoms with Crippen LogP contribution in [0.2, 0.25) is 0 Å². The third kappa shape index (κ3) is 19.0. The quantitative estimate of drug-likeness (QED) is 0.0567. The van der Waals surface area contributed by atoms with Crippen LogP contribution >= 0.6 is 0 Å². The Kier molecular flexibility index (Phi) is 24.3. The van der Waals surface area contributed by atoms with Gasteiger partial charge in [-0.25, -0.2) is 8.42 Å². The van der Waals surface area contributed by atoms with Gasteiger partial charge in [-0.2, -0.15) is 0 Å². The van der Waals surface area contributed by atoms with Gasteiger partial charge in [-0.05, 0) is 59.7 Å². The molecule has 0 amide bonds. The SMILES string of the molecule is CCCCCCCCCCCCCCc1cc(CCCCCCCCCCCCCC)c2ccc(S(=O)(=O)[O-])cc2c1.[Na+]. The summed E-state index contributed by atoms with van der Waals surface area (Å²) in [5, 5.41) is 2.00. The Hall–Kier alpha value is -0.390. The summed E-state index contributed by atoms with van der Waals surface area (Å²) in [5.41, 5.74) is 2.59. The number of rotatable bonds is 27. The zero-order valence-corrected chi connectivity index (χ0v) is 31.2. The topological polar surface area (TPSA) is 57.2 Å². The summed E-state index contributed by atoms with van der Waals surface area (Å²) in [6.45, 7) is 4.55. The van der Waals surface area contributed by atoms with E-state index in [-0.39, 0.29) is 34.5 Å².